The highest BCUT2D eigenvalue weighted by Crippen LogP contribution is 2.33. The summed E-state index contributed by atoms with van der Waals surface area (Å²) in [5, 5.41) is 9.22. The zero-order valence-electron chi connectivity index (χ0n) is 13.8. The van der Waals surface area contributed by atoms with Gasteiger partial charge in [0.25, 0.3) is 0 Å². The van der Waals surface area contributed by atoms with Crippen LogP contribution in [0.4, 0.5) is 0 Å². The third kappa shape index (κ3) is 3.80. The number of benzene rings is 1. The zero-order valence-corrected chi connectivity index (χ0v) is 13.8. The number of hydrogen-bond donors (Lipinski definition) is 1. The lowest BCUT2D eigenvalue weighted by atomic mass is 10.1. The Balaban J connectivity index is 2.54. The van der Waals surface area contributed by atoms with E-state index in [2.05, 4.69) is 4.98 Å². The molecule has 2 rings (SSSR count). The van der Waals surface area contributed by atoms with Crippen LogP contribution >= 0.6 is 0 Å². The van der Waals surface area contributed by atoms with Crippen LogP contribution in [0.15, 0.2) is 30.3 Å². The van der Waals surface area contributed by atoms with Gasteiger partial charge in [0.2, 0.25) is 0 Å². The molecular formula is C18H21NO4. The van der Waals surface area contributed by atoms with E-state index in [1.165, 1.54) is 0 Å². The molecule has 122 valence electrons. The van der Waals surface area contributed by atoms with Crippen molar-refractivity contribution in [2.24, 2.45) is 0 Å². The molecule has 0 aliphatic heterocycles. The van der Waals surface area contributed by atoms with E-state index in [0.717, 1.165) is 5.56 Å². The summed E-state index contributed by atoms with van der Waals surface area (Å²) in [5.74, 6) is 0.397. The molecule has 1 N–H and O–H groups in total. The first-order valence-corrected chi connectivity index (χ1v) is 7.54. The second-order valence-electron chi connectivity index (χ2n) is 5.38. The number of aromatic nitrogens is 1. The maximum Gasteiger partial charge on any atom is 0.337 e. The van der Waals surface area contributed by atoms with Gasteiger partial charge in [-0.2, -0.15) is 0 Å². The summed E-state index contributed by atoms with van der Waals surface area (Å²) in [6, 6.07) is 8.82. The van der Waals surface area contributed by atoms with Crippen LogP contribution in [0.25, 0.3) is 11.3 Å². The average Bonchev–Trinajstić information content (AvgIpc) is 2.53. The summed E-state index contributed by atoms with van der Waals surface area (Å²) in [7, 11) is 1.60. The quantitative estimate of drug-likeness (QED) is 0.878. The van der Waals surface area contributed by atoms with E-state index < -0.39 is 5.97 Å². The summed E-state index contributed by atoms with van der Waals surface area (Å²) >= 11 is 0. The van der Waals surface area contributed by atoms with Crippen molar-refractivity contribution in [2.45, 2.75) is 33.3 Å². The largest absolute Gasteiger partial charge is 0.497 e. The van der Waals surface area contributed by atoms with Crippen molar-refractivity contribution in [3.63, 3.8) is 0 Å². The first-order valence-electron chi connectivity index (χ1n) is 7.54. The lowest BCUT2D eigenvalue weighted by molar-refractivity contribution is 0.0695. The molecule has 2 aromatic rings. The maximum atomic E-state index is 11.2. The zero-order chi connectivity index (χ0) is 17.0. The van der Waals surface area contributed by atoms with Crippen LogP contribution in [0.3, 0.4) is 0 Å². The number of nitrogens with zero attached hydrogens (tertiary/aromatic N) is 1. The Labute approximate surface area is 135 Å². The Kier molecular flexibility index (Phi) is 5.21. The first kappa shape index (κ1) is 16.8. The van der Waals surface area contributed by atoms with Crippen LogP contribution in [0.5, 0.6) is 11.5 Å². The van der Waals surface area contributed by atoms with Crippen LogP contribution in [0.1, 0.15) is 36.8 Å². The summed E-state index contributed by atoms with van der Waals surface area (Å²) in [6.07, 6.45) is 0.552. The number of aryl methyl sites for hydroxylation is 1. The Morgan fingerprint density at radius 3 is 2.57 bits per heavy atom. The number of carbonyl (C=O) groups is 1. The number of aromatic carboxylic acids is 1. The number of methoxy groups -OCH3 is 1. The minimum Gasteiger partial charge on any atom is -0.497 e. The first-order chi connectivity index (χ1) is 11.0. The van der Waals surface area contributed by atoms with Crippen molar-refractivity contribution in [3.8, 4) is 22.8 Å². The van der Waals surface area contributed by atoms with Gasteiger partial charge >= 0.3 is 5.97 Å². The predicted molar refractivity (Wildman–Crippen MR) is 88.3 cm³/mol. The van der Waals surface area contributed by atoms with Crippen molar-refractivity contribution in [3.05, 3.63) is 41.6 Å². The average molecular weight is 315 g/mol. The lowest BCUT2D eigenvalue weighted by Gasteiger charge is -2.16. The summed E-state index contributed by atoms with van der Waals surface area (Å²) in [4.78, 5) is 15.7. The summed E-state index contributed by atoms with van der Waals surface area (Å²) < 4.78 is 11.1. The number of carboxylic acids is 1. The van der Waals surface area contributed by atoms with Crippen LogP contribution in [-0.4, -0.2) is 29.3 Å². The molecule has 5 heteroatoms. The molecule has 0 spiro atoms. The fourth-order valence-corrected chi connectivity index (χ4v) is 2.31. The number of rotatable bonds is 6. The standard InChI is InChI=1S/C18H21NO4/c1-5-15-14(18(20)21)8-9-16(19-15)13-7-6-12(22-4)10-17(13)23-11(2)3/h6-11H,5H2,1-4H3,(H,20,21). The summed E-state index contributed by atoms with van der Waals surface area (Å²) in [5.41, 5.74) is 2.29. The molecule has 0 saturated carbocycles. The van der Waals surface area contributed by atoms with Gasteiger partial charge < -0.3 is 14.6 Å². The van der Waals surface area contributed by atoms with Crippen LogP contribution in [0.2, 0.25) is 0 Å². The molecule has 0 aliphatic rings. The van der Waals surface area contributed by atoms with E-state index in [9.17, 15) is 9.90 Å². The highest BCUT2D eigenvalue weighted by molar-refractivity contribution is 5.89. The van der Waals surface area contributed by atoms with E-state index >= 15 is 0 Å². The highest BCUT2D eigenvalue weighted by atomic mass is 16.5. The van der Waals surface area contributed by atoms with Crippen molar-refractivity contribution >= 4 is 5.97 Å². The van der Waals surface area contributed by atoms with Gasteiger partial charge in [-0.3, -0.25) is 4.98 Å². The van der Waals surface area contributed by atoms with Gasteiger partial charge in [0.05, 0.1) is 30.2 Å². The van der Waals surface area contributed by atoms with Gasteiger partial charge in [0.15, 0.2) is 0 Å². The maximum absolute atomic E-state index is 11.2. The molecule has 0 unspecified atom stereocenters. The summed E-state index contributed by atoms with van der Waals surface area (Å²) in [6.45, 7) is 5.78. The number of pyridine rings is 1. The molecule has 1 aromatic heterocycles. The smallest absolute Gasteiger partial charge is 0.337 e. The number of carboxylic acid groups (broad SMARTS) is 1. The molecule has 1 heterocycles. The molecule has 0 radical (unpaired) electrons. The second-order valence-corrected chi connectivity index (χ2v) is 5.38. The normalized spacial score (nSPS) is 10.7. The van der Waals surface area contributed by atoms with Crippen LogP contribution in [-0.2, 0) is 6.42 Å². The fourth-order valence-electron chi connectivity index (χ4n) is 2.31. The van der Waals surface area contributed by atoms with Gasteiger partial charge in [0, 0.05) is 11.6 Å². The lowest BCUT2D eigenvalue weighted by Crippen LogP contribution is -2.08. The minimum absolute atomic E-state index is 0.00444. The molecule has 0 atom stereocenters. The SMILES string of the molecule is CCc1nc(-c2ccc(OC)cc2OC(C)C)ccc1C(=O)O. The molecule has 23 heavy (non-hydrogen) atoms. The highest BCUT2D eigenvalue weighted by Gasteiger charge is 2.15. The Hall–Kier alpha value is -2.56. The van der Waals surface area contributed by atoms with Crippen molar-refractivity contribution in [2.75, 3.05) is 7.11 Å². The van der Waals surface area contributed by atoms with Crippen molar-refractivity contribution in [1.29, 1.82) is 0 Å². The monoisotopic (exact) mass is 315 g/mol. The molecule has 0 fully saturated rings. The molecule has 0 amide bonds. The third-order valence-electron chi connectivity index (χ3n) is 3.37. The molecule has 0 saturated heterocycles. The van der Waals surface area contributed by atoms with E-state index in [4.69, 9.17) is 9.47 Å². The predicted octanol–water partition coefficient (Wildman–Crippen LogP) is 3.81. The molecule has 0 aliphatic carbocycles. The topological polar surface area (TPSA) is 68.7 Å². The van der Waals surface area contributed by atoms with Crippen molar-refractivity contribution < 1.29 is 19.4 Å². The van der Waals surface area contributed by atoms with E-state index in [-0.39, 0.29) is 11.7 Å². The Morgan fingerprint density at radius 1 is 1.26 bits per heavy atom. The van der Waals surface area contributed by atoms with Gasteiger partial charge in [-0.25, -0.2) is 4.79 Å². The minimum atomic E-state index is -0.964. The van der Waals surface area contributed by atoms with E-state index in [0.29, 0.717) is 29.3 Å². The Bertz CT molecular complexity index is 710. The van der Waals surface area contributed by atoms with E-state index in [1.54, 1.807) is 19.2 Å². The number of hydrogen-bond acceptors (Lipinski definition) is 4. The molecule has 0 bridgehead atoms. The van der Waals surface area contributed by atoms with Crippen LogP contribution < -0.4 is 9.47 Å². The Morgan fingerprint density at radius 2 is 2.00 bits per heavy atom. The third-order valence-corrected chi connectivity index (χ3v) is 3.37. The van der Waals surface area contributed by atoms with E-state index in [1.807, 2.05) is 39.0 Å². The fraction of sp³-hybridized carbons (Fsp3) is 0.333. The van der Waals surface area contributed by atoms with Gasteiger partial charge in [-0.1, -0.05) is 6.92 Å². The van der Waals surface area contributed by atoms with Crippen molar-refractivity contribution in [1.82, 2.24) is 4.98 Å². The molecule has 5 nitrogen and oxygen atoms in total. The molecular weight excluding hydrogens is 294 g/mol. The second kappa shape index (κ2) is 7.13. The van der Waals surface area contributed by atoms with Gasteiger partial charge in [0.1, 0.15) is 11.5 Å². The molecule has 1 aromatic carbocycles. The number of ether oxygens (including phenoxy) is 2. The van der Waals surface area contributed by atoms with Gasteiger partial charge in [-0.15, -0.1) is 0 Å². The van der Waals surface area contributed by atoms with Gasteiger partial charge in [-0.05, 0) is 44.5 Å². The van der Waals surface area contributed by atoms with Crippen LogP contribution in [0, 0.1) is 0 Å².